The molecule has 0 aromatic heterocycles. The zero-order chi connectivity index (χ0) is 26.6. The smallest absolute Gasteiger partial charge is 0.406 e. The molecule has 1 aliphatic heterocycles. The Morgan fingerprint density at radius 3 is 2.70 bits per heavy atom. The van der Waals surface area contributed by atoms with Crippen LogP contribution in [0.25, 0.3) is 0 Å². The first-order valence-electron chi connectivity index (χ1n) is 14.0. The Bertz CT molecular complexity index is 864. The van der Waals surface area contributed by atoms with Gasteiger partial charge in [-0.25, -0.2) is 9.59 Å². The number of ether oxygens (including phenoxy) is 1. The number of rotatable bonds is 11. The van der Waals surface area contributed by atoms with Crippen molar-refractivity contribution in [3.05, 3.63) is 28.8 Å². The van der Waals surface area contributed by atoms with E-state index < -0.39 is 6.09 Å². The van der Waals surface area contributed by atoms with Crippen LogP contribution in [-0.4, -0.2) is 76.0 Å². The second-order valence-corrected chi connectivity index (χ2v) is 11.0. The molecule has 8 nitrogen and oxygen atoms in total. The largest absolute Gasteiger partial charge is 0.453 e. The van der Waals surface area contributed by atoms with Crippen molar-refractivity contribution in [1.29, 1.82) is 0 Å². The fourth-order valence-corrected chi connectivity index (χ4v) is 5.99. The number of carbonyl (C=O) groups excluding carboxylic acids is 2. The fourth-order valence-electron chi connectivity index (χ4n) is 5.83. The minimum Gasteiger partial charge on any atom is -0.453 e. The first-order chi connectivity index (χ1) is 17.9. The number of likely N-dealkylation sites (N-methyl/N-ethyl adjacent to an activating group) is 1. The van der Waals surface area contributed by atoms with Gasteiger partial charge in [0.2, 0.25) is 0 Å². The van der Waals surface area contributed by atoms with Gasteiger partial charge in [-0.05, 0) is 63.3 Å². The molecule has 0 spiro atoms. The van der Waals surface area contributed by atoms with Gasteiger partial charge in [0.1, 0.15) is 0 Å². The van der Waals surface area contributed by atoms with Crippen LogP contribution in [0.2, 0.25) is 5.02 Å². The number of hydrogen-bond acceptors (Lipinski definition) is 5. The summed E-state index contributed by atoms with van der Waals surface area (Å²) >= 11 is 6.39. The molecule has 0 unspecified atom stereocenters. The summed E-state index contributed by atoms with van der Waals surface area (Å²) in [4.78, 5) is 29.2. The van der Waals surface area contributed by atoms with Crippen molar-refractivity contribution in [3.63, 3.8) is 0 Å². The van der Waals surface area contributed by atoms with E-state index in [1.165, 1.54) is 39.2 Å². The third kappa shape index (κ3) is 9.25. The molecule has 3 rings (SSSR count). The first-order valence-corrected chi connectivity index (χ1v) is 14.3. The molecule has 3 amide bonds. The SMILES string of the molecule is CNC[C@H](CC1CCCCC1)NC(=O)N1CCC[C@H](N(CCCNC(=O)OC)c2cc(Cl)ccc2C)C1. The number of carbonyl (C=O) groups is 2. The summed E-state index contributed by atoms with van der Waals surface area (Å²) in [5.74, 6) is 0.710. The number of amides is 3. The summed E-state index contributed by atoms with van der Waals surface area (Å²) in [5, 5.41) is 10.1. The second-order valence-electron chi connectivity index (χ2n) is 10.6. The number of urea groups is 1. The molecule has 1 aromatic carbocycles. The Morgan fingerprint density at radius 1 is 1.19 bits per heavy atom. The van der Waals surface area contributed by atoms with Crippen LogP contribution in [0, 0.1) is 12.8 Å². The molecule has 9 heteroatoms. The fraction of sp³-hybridized carbons (Fsp3) is 0.714. The van der Waals surface area contributed by atoms with Crippen molar-refractivity contribution >= 4 is 29.4 Å². The molecule has 1 saturated heterocycles. The van der Waals surface area contributed by atoms with E-state index in [0.717, 1.165) is 56.6 Å². The van der Waals surface area contributed by atoms with E-state index >= 15 is 0 Å². The molecule has 2 aliphatic rings. The standard InChI is InChI=1S/C28H46ClN5O3/c1-21-12-13-23(29)18-26(21)34(16-8-14-31-28(36)37-3)25-11-7-15-33(20-25)27(35)32-24(19-30-2)17-22-9-5-4-6-10-22/h12-13,18,22,24-25,30H,4-11,14-17,19-20H2,1-3H3,(H,31,36)(H,32,35)/t24-,25-/m0/s1. The Balaban J connectivity index is 1.66. The van der Waals surface area contributed by atoms with Gasteiger partial charge in [0, 0.05) is 55.5 Å². The molecule has 1 heterocycles. The number of hydrogen-bond donors (Lipinski definition) is 3. The zero-order valence-corrected chi connectivity index (χ0v) is 23.6. The molecule has 3 N–H and O–H groups in total. The minimum absolute atomic E-state index is 0.0379. The van der Waals surface area contributed by atoms with Crippen molar-refractivity contribution < 1.29 is 14.3 Å². The highest BCUT2D eigenvalue weighted by Gasteiger charge is 2.30. The summed E-state index contributed by atoms with van der Waals surface area (Å²) < 4.78 is 4.69. The van der Waals surface area contributed by atoms with Gasteiger partial charge in [0.25, 0.3) is 0 Å². The van der Waals surface area contributed by atoms with Crippen molar-refractivity contribution in [2.45, 2.75) is 76.8 Å². The molecule has 208 valence electrons. The van der Waals surface area contributed by atoms with Gasteiger partial charge in [0.15, 0.2) is 0 Å². The van der Waals surface area contributed by atoms with Gasteiger partial charge in [-0.3, -0.25) is 0 Å². The minimum atomic E-state index is -0.421. The van der Waals surface area contributed by atoms with Crippen LogP contribution < -0.4 is 20.9 Å². The van der Waals surface area contributed by atoms with Crippen LogP contribution in [0.15, 0.2) is 18.2 Å². The van der Waals surface area contributed by atoms with Gasteiger partial charge in [-0.1, -0.05) is 49.8 Å². The molecule has 2 fully saturated rings. The van der Waals surface area contributed by atoms with E-state index in [0.29, 0.717) is 24.0 Å². The zero-order valence-electron chi connectivity index (χ0n) is 22.9. The normalized spacial score (nSPS) is 19.2. The van der Waals surface area contributed by atoms with E-state index in [9.17, 15) is 9.59 Å². The molecule has 37 heavy (non-hydrogen) atoms. The number of nitrogens with zero attached hydrogens (tertiary/aromatic N) is 2. The van der Waals surface area contributed by atoms with Crippen LogP contribution >= 0.6 is 11.6 Å². The van der Waals surface area contributed by atoms with Crippen molar-refractivity contribution in [2.75, 3.05) is 51.8 Å². The number of halogens is 1. The third-order valence-electron chi connectivity index (χ3n) is 7.76. The van der Waals surface area contributed by atoms with Crippen LogP contribution in [0.4, 0.5) is 15.3 Å². The van der Waals surface area contributed by atoms with Crippen molar-refractivity contribution in [2.24, 2.45) is 5.92 Å². The summed E-state index contributed by atoms with van der Waals surface area (Å²) in [7, 11) is 3.33. The Labute approximate surface area is 227 Å². The van der Waals surface area contributed by atoms with Crippen molar-refractivity contribution in [3.8, 4) is 0 Å². The highest BCUT2D eigenvalue weighted by atomic mass is 35.5. The average molecular weight is 536 g/mol. The summed E-state index contributed by atoms with van der Waals surface area (Å²) in [6.07, 6.45) is 9.86. The molecule has 1 aromatic rings. The maximum absolute atomic E-state index is 13.4. The van der Waals surface area contributed by atoms with Crippen molar-refractivity contribution in [1.82, 2.24) is 20.9 Å². The quantitative estimate of drug-likeness (QED) is 0.350. The summed E-state index contributed by atoms with van der Waals surface area (Å²) in [5.41, 5.74) is 2.23. The van der Waals surface area contributed by atoms with E-state index in [2.05, 4.69) is 27.8 Å². The molecular weight excluding hydrogens is 490 g/mol. The van der Waals surface area contributed by atoms with Crippen LogP contribution in [0.5, 0.6) is 0 Å². The monoisotopic (exact) mass is 535 g/mol. The van der Waals surface area contributed by atoms with Crippen LogP contribution in [-0.2, 0) is 4.74 Å². The lowest BCUT2D eigenvalue weighted by molar-refractivity contribution is 0.169. The maximum atomic E-state index is 13.4. The number of piperidine rings is 1. The van der Waals surface area contributed by atoms with E-state index in [-0.39, 0.29) is 18.1 Å². The first kappa shape index (κ1) is 29.4. The average Bonchev–Trinajstić information content (AvgIpc) is 2.91. The molecular formula is C28H46ClN5O3. The molecule has 2 atom stereocenters. The number of benzene rings is 1. The molecule has 0 bridgehead atoms. The lowest BCUT2D eigenvalue weighted by Gasteiger charge is -2.41. The third-order valence-corrected chi connectivity index (χ3v) is 7.99. The maximum Gasteiger partial charge on any atom is 0.406 e. The highest BCUT2D eigenvalue weighted by molar-refractivity contribution is 6.30. The summed E-state index contributed by atoms with van der Waals surface area (Å²) in [6.45, 7) is 5.58. The highest BCUT2D eigenvalue weighted by Crippen LogP contribution is 2.30. The lowest BCUT2D eigenvalue weighted by atomic mass is 9.85. The predicted octanol–water partition coefficient (Wildman–Crippen LogP) is 4.93. The Kier molecular flexibility index (Phi) is 12.1. The number of aryl methyl sites for hydroxylation is 1. The Hall–Kier alpha value is -2.19. The topological polar surface area (TPSA) is 85.9 Å². The number of nitrogens with one attached hydrogen (secondary N) is 3. The molecule has 0 radical (unpaired) electrons. The van der Waals surface area contributed by atoms with Crippen LogP contribution in [0.3, 0.4) is 0 Å². The van der Waals surface area contributed by atoms with E-state index in [4.69, 9.17) is 16.3 Å². The predicted molar refractivity (Wildman–Crippen MR) is 151 cm³/mol. The number of likely N-dealkylation sites (tertiary alicyclic amines) is 1. The second kappa shape index (κ2) is 15.3. The number of methoxy groups -OCH3 is 1. The molecule has 1 saturated carbocycles. The van der Waals surface area contributed by atoms with Gasteiger partial charge in [0.05, 0.1) is 7.11 Å². The molecule has 1 aliphatic carbocycles. The van der Waals surface area contributed by atoms with Crippen LogP contribution in [0.1, 0.15) is 63.4 Å². The van der Waals surface area contributed by atoms with Gasteiger partial charge in [-0.2, -0.15) is 0 Å². The van der Waals surface area contributed by atoms with E-state index in [1.54, 1.807) is 0 Å². The Morgan fingerprint density at radius 2 is 1.97 bits per heavy atom. The van der Waals surface area contributed by atoms with Gasteiger partial charge in [-0.15, -0.1) is 0 Å². The summed E-state index contributed by atoms with van der Waals surface area (Å²) in [6, 6.07) is 6.32. The lowest BCUT2D eigenvalue weighted by Crippen LogP contribution is -2.55. The number of anilines is 1. The number of alkyl carbamates (subject to hydrolysis) is 1. The van der Waals surface area contributed by atoms with Gasteiger partial charge >= 0.3 is 12.1 Å². The van der Waals surface area contributed by atoms with Gasteiger partial charge < -0.3 is 30.5 Å². The van der Waals surface area contributed by atoms with E-state index in [1.807, 2.05) is 30.1 Å².